The van der Waals surface area contributed by atoms with Gasteiger partial charge in [0.2, 0.25) is 5.91 Å². The standard InChI is InChI=1S/C27H45NO7/c1-8-16(2)9-17(3)10-18(4)11-19(5)12-20(6)13-21(24(31)32)15-27(7,26(28)35)22(25(33)34)14-23(29)30/h12-13,16-19,22H,8-11,14-15H2,1-7H3,(H2,28,35)(H,29,30)(H,31,32)(H,33,34)/b20-12+,21-13-/t16?,17?,18?,19?,22?,27-/m0/s1. The summed E-state index contributed by atoms with van der Waals surface area (Å²) in [6.45, 7) is 14.0. The zero-order valence-corrected chi connectivity index (χ0v) is 22.3. The maximum atomic E-state index is 12.2. The average molecular weight is 496 g/mol. The van der Waals surface area contributed by atoms with E-state index in [2.05, 4.69) is 34.6 Å². The first-order valence-corrected chi connectivity index (χ1v) is 12.4. The van der Waals surface area contributed by atoms with Crippen LogP contribution in [0, 0.1) is 35.0 Å². The van der Waals surface area contributed by atoms with Gasteiger partial charge >= 0.3 is 17.9 Å². The van der Waals surface area contributed by atoms with Crippen LogP contribution in [-0.4, -0.2) is 39.1 Å². The van der Waals surface area contributed by atoms with Gasteiger partial charge < -0.3 is 21.1 Å². The monoisotopic (exact) mass is 495 g/mol. The summed E-state index contributed by atoms with van der Waals surface area (Å²) in [4.78, 5) is 47.0. The summed E-state index contributed by atoms with van der Waals surface area (Å²) < 4.78 is 0. The molecule has 0 bridgehead atoms. The summed E-state index contributed by atoms with van der Waals surface area (Å²) in [6.07, 6.45) is 6.47. The molecular formula is C27H45NO7. The van der Waals surface area contributed by atoms with Crippen molar-refractivity contribution in [2.45, 2.75) is 87.0 Å². The van der Waals surface area contributed by atoms with E-state index in [0.717, 1.165) is 12.8 Å². The number of carbonyl (C=O) groups excluding carboxylic acids is 1. The molecule has 0 aliphatic rings. The molecule has 8 nitrogen and oxygen atoms in total. The van der Waals surface area contributed by atoms with Gasteiger partial charge in [-0.3, -0.25) is 14.4 Å². The van der Waals surface area contributed by atoms with Crippen molar-refractivity contribution in [3.05, 3.63) is 23.3 Å². The van der Waals surface area contributed by atoms with Gasteiger partial charge in [0.1, 0.15) is 0 Å². The smallest absolute Gasteiger partial charge is 0.331 e. The highest BCUT2D eigenvalue weighted by atomic mass is 16.4. The molecule has 0 radical (unpaired) electrons. The van der Waals surface area contributed by atoms with Gasteiger partial charge in [-0.25, -0.2) is 4.79 Å². The lowest BCUT2D eigenvalue weighted by atomic mass is 9.70. The van der Waals surface area contributed by atoms with Crippen LogP contribution in [0.4, 0.5) is 0 Å². The number of aliphatic carboxylic acids is 3. The molecule has 5 unspecified atom stereocenters. The van der Waals surface area contributed by atoms with Crippen LogP contribution in [0.25, 0.3) is 0 Å². The summed E-state index contributed by atoms with van der Waals surface area (Å²) in [5.41, 5.74) is 4.04. The number of allylic oxidation sites excluding steroid dienone is 3. The van der Waals surface area contributed by atoms with Crippen molar-refractivity contribution in [2.75, 3.05) is 0 Å². The Labute approximate surface area is 209 Å². The van der Waals surface area contributed by atoms with E-state index in [1.807, 2.05) is 6.08 Å². The molecule has 6 atom stereocenters. The largest absolute Gasteiger partial charge is 0.481 e. The van der Waals surface area contributed by atoms with Crippen molar-refractivity contribution in [3.8, 4) is 0 Å². The van der Waals surface area contributed by atoms with Crippen molar-refractivity contribution >= 4 is 23.8 Å². The molecule has 0 saturated carbocycles. The van der Waals surface area contributed by atoms with E-state index < -0.39 is 48.0 Å². The number of carboxylic acid groups (broad SMARTS) is 3. The first-order chi connectivity index (χ1) is 16.0. The van der Waals surface area contributed by atoms with E-state index in [-0.39, 0.29) is 11.5 Å². The van der Waals surface area contributed by atoms with Crippen molar-refractivity contribution in [2.24, 2.45) is 40.7 Å². The quantitative estimate of drug-likeness (QED) is 0.161. The van der Waals surface area contributed by atoms with Crippen LogP contribution >= 0.6 is 0 Å². The molecule has 0 spiro atoms. The van der Waals surface area contributed by atoms with E-state index in [4.69, 9.17) is 10.8 Å². The molecule has 0 aliphatic heterocycles. The third-order valence-electron chi connectivity index (χ3n) is 6.87. The first kappa shape index (κ1) is 32.4. The first-order valence-electron chi connectivity index (χ1n) is 12.4. The number of carbonyl (C=O) groups is 4. The van der Waals surface area contributed by atoms with Gasteiger partial charge in [0, 0.05) is 5.57 Å². The fraction of sp³-hybridized carbons (Fsp3) is 0.704. The molecule has 0 heterocycles. The minimum Gasteiger partial charge on any atom is -0.481 e. The van der Waals surface area contributed by atoms with Crippen LogP contribution < -0.4 is 5.73 Å². The van der Waals surface area contributed by atoms with Crippen LogP contribution in [0.1, 0.15) is 87.0 Å². The molecule has 5 N–H and O–H groups in total. The molecule has 0 aromatic heterocycles. The van der Waals surface area contributed by atoms with E-state index in [9.17, 15) is 29.4 Å². The molecule has 0 aliphatic carbocycles. The lowest BCUT2D eigenvalue weighted by Gasteiger charge is -2.31. The zero-order valence-electron chi connectivity index (χ0n) is 22.3. The summed E-state index contributed by atoms with van der Waals surface area (Å²) in [5.74, 6) is -4.94. The SMILES string of the molecule is CCC(C)CC(C)CC(C)CC(C)/C=C(C)/C=C(/C[C@](C)(C(N)=O)C(CC(=O)O)C(=O)O)C(=O)O. The van der Waals surface area contributed by atoms with Gasteiger partial charge in [-0.05, 0) is 69.3 Å². The number of hydrogen-bond acceptors (Lipinski definition) is 4. The molecule has 0 aromatic carbocycles. The second-order valence-electron chi connectivity index (χ2n) is 10.7. The molecule has 8 heteroatoms. The number of hydrogen-bond donors (Lipinski definition) is 4. The maximum Gasteiger partial charge on any atom is 0.331 e. The summed E-state index contributed by atoms with van der Waals surface area (Å²) in [7, 11) is 0. The zero-order chi connectivity index (χ0) is 27.5. The van der Waals surface area contributed by atoms with Gasteiger partial charge in [-0.15, -0.1) is 0 Å². The van der Waals surface area contributed by atoms with Crippen molar-refractivity contribution in [1.29, 1.82) is 0 Å². The Bertz CT molecular complexity index is 816. The number of amides is 1. The van der Waals surface area contributed by atoms with E-state index in [0.29, 0.717) is 23.3 Å². The topological polar surface area (TPSA) is 155 Å². The average Bonchev–Trinajstić information content (AvgIpc) is 2.69. The van der Waals surface area contributed by atoms with Crippen LogP contribution in [0.15, 0.2) is 23.3 Å². The Morgan fingerprint density at radius 1 is 0.914 bits per heavy atom. The third-order valence-corrected chi connectivity index (χ3v) is 6.87. The minimum atomic E-state index is -1.89. The van der Waals surface area contributed by atoms with Crippen molar-refractivity contribution in [3.63, 3.8) is 0 Å². The molecule has 35 heavy (non-hydrogen) atoms. The highest BCUT2D eigenvalue weighted by Crippen LogP contribution is 2.37. The van der Waals surface area contributed by atoms with E-state index in [1.54, 1.807) is 6.92 Å². The second kappa shape index (κ2) is 14.7. The Kier molecular flexibility index (Phi) is 13.6. The van der Waals surface area contributed by atoms with Crippen molar-refractivity contribution in [1.82, 2.24) is 0 Å². The molecular weight excluding hydrogens is 450 g/mol. The molecule has 0 fully saturated rings. The fourth-order valence-corrected chi connectivity index (χ4v) is 4.93. The number of rotatable bonds is 17. The van der Waals surface area contributed by atoms with E-state index in [1.165, 1.54) is 25.8 Å². The molecule has 1 amide bonds. The predicted molar refractivity (Wildman–Crippen MR) is 136 cm³/mol. The van der Waals surface area contributed by atoms with Crippen LogP contribution in [0.5, 0.6) is 0 Å². The normalized spacial score (nSPS) is 18.6. The summed E-state index contributed by atoms with van der Waals surface area (Å²) >= 11 is 0. The Balaban J connectivity index is 5.65. The molecule has 0 rings (SSSR count). The summed E-state index contributed by atoms with van der Waals surface area (Å²) in [5, 5.41) is 28.3. The number of nitrogens with two attached hydrogens (primary N) is 1. The van der Waals surface area contributed by atoms with E-state index >= 15 is 0 Å². The van der Waals surface area contributed by atoms with Crippen LogP contribution in [0.2, 0.25) is 0 Å². The summed E-state index contributed by atoms with van der Waals surface area (Å²) in [6, 6.07) is 0. The lowest BCUT2D eigenvalue weighted by molar-refractivity contribution is -0.156. The second-order valence-corrected chi connectivity index (χ2v) is 10.7. The van der Waals surface area contributed by atoms with Gasteiger partial charge in [0.15, 0.2) is 0 Å². The predicted octanol–water partition coefficient (Wildman–Crippen LogP) is 5.13. The minimum absolute atomic E-state index is 0.188. The van der Waals surface area contributed by atoms with Crippen LogP contribution in [-0.2, 0) is 19.2 Å². The van der Waals surface area contributed by atoms with Gasteiger partial charge in [-0.1, -0.05) is 52.7 Å². The molecule has 200 valence electrons. The Morgan fingerprint density at radius 3 is 1.86 bits per heavy atom. The number of carboxylic acids is 3. The maximum absolute atomic E-state index is 12.2. The fourth-order valence-electron chi connectivity index (χ4n) is 4.93. The molecule has 0 saturated heterocycles. The lowest BCUT2D eigenvalue weighted by Crippen LogP contribution is -2.46. The van der Waals surface area contributed by atoms with Crippen LogP contribution in [0.3, 0.4) is 0 Å². The Hall–Kier alpha value is -2.64. The molecule has 0 aromatic rings. The van der Waals surface area contributed by atoms with Crippen molar-refractivity contribution < 1.29 is 34.5 Å². The van der Waals surface area contributed by atoms with Gasteiger partial charge in [0.25, 0.3) is 0 Å². The highest BCUT2D eigenvalue weighted by molar-refractivity contribution is 5.93. The van der Waals surface area contributed by atoms with Gasteiger partial charge in [0.05, 0.1) is 17.8 Å². The third kappa shape index (κ3) is 11.6. The number of primary amides is 1. The highest BCUT2D eigenvalue weighted by Gasteiger charge is 2.46. The van der Waals surface area contributed by atoms with Gasteiger partial charge in [-0.2, -0.15) is 0 Å². The Morgan fingerprint density at radius 2 is 1.43 bits per heavy atom.